The van der Waals surface area contributed by atoms with Gasteiger partial charge in [0.25, 0.3) is 0 Å². The number of nitrogens with one attached hydrogen (secondary N) is 1. The van der Waals surface area contributed by atoms with Crippen LogP contribution < -0.4 is 5.32 Å². The van der Waals surface area contributed by atoms with Crippen LogP contribution in [-0.4, -0.2) is 12.6 Å². The first-order valence-electron chi connectivity index (χ1n) is 7.37. The van der Waals surface area contributed by atoms with Gasteiger partial charge in [0.15, 0.2) is 0 Å². The Morgan fingerprint density at radius 2 is 2.00 bits per heavy atom. The lowest BCUT2D eigenvalue weighted by atomic mass is 9.83. The lowest BCUT2D eigenvalue weighted by molar-refractivity contribution is 0.277. The summed E-state index contributed by atoms with van der Waals surface area (Å²) in [5.41, 5.74) is 0. The van der Waals surface area contributed by atoms with Gasteiger partial charge >= 0.3 is 0 Å². The van der Waals surface area contributed by atoms with Crippen molar-refractivity contribution in [1.82, 2.24) is 5.32 Å². The summed E-state index contributed by atoms with van der Waals surface area (Å²) in [6.45, 7) is 7.09. The predicted molar refractivity (Wildman–Crippen MR) is 77.2 cm³/mol. The Morgan fingerprint density at radius 3 is 2.65 bits per heavy atom. The lowest BCUT2D eigenvalue weighted by Crippen LogP contribution is -2.33. The zero-order valence-corrected chi connectivity index (χ0v) is 11.5. The van der Waals surface area contributed by atoms with Gasteiger partial charge in [-0.25, -0.2) is 0 Å². The van der Waals surface area contributed by atoms with E-state index in [1.807, 2.05) is 12.2 Å². The van der Waals surface area contributed by atoms with Gasteiger partial charge in [0.2, 0.25) is 0 Å². The first-order chi connectivity index (χ1) is 8.36. The third kappa shape index (κ3) is 6.68. The Bertz CT molecular complexity index is 212. The summed E-state index contributed by atoms with van der Waals surface area (Å²) < 4.78 is 0. The zero-order valence-electron chi connectivity index (χ0n) is 11.5. The average Bonchev–Trinajstić information content (AvgIpc) is 2.37. The first-order valence-corrected chi connectivity index (χ1v) is 7.37. The second-order valence-corrected chi connectivity index (χ2v) is 5.27. The standard InChI is InChI=1S/C16H29N/c1-3-5-7-8-14-17-16-12-10-15(11-13-16)9-6-4-2/h3,5,7,15-17H,1,4,6,8-14H2,2H3/b7-5-. The fourth-order valence-electron chi connectivity index (χ4n) is 2.71. The molecular weight excluding hydrogens is 206 g/mol. The van der Waals surface area contributed by atoms with Crippen LogP contribution in [0.1, 0.15) is 58.3 Å². The maximum atomic E-state index is 3.67. The molecule has 0 heterocycles. The molecule has 0 radical (unpaired) electrons. The Labute approximate surface area is 107 Å². The van der Waals surface area contributed by atoms with Crippen molar-refractivity contribution in [3.8, 4) is 0 Å². The lowest BCUT2D eigenvalue weighted by Gasteiger charge is -2.29. The van der Waals surface area contributed by atoms with Crippen LogP contribution in [-0.2, 0) is 0 Å². The molecule has 0 atom stereocenters. The molecule has 1 nitrogen and oxygen atoms in total. The fourth-order valence-corrected chi connectivity index (χ4v) is 2.71. The number of unbranched alkanes of at least 4 members (excludes halogenated alkanes) is 1. The minimum atomic E-state index is 0.782. The van der Waals surface area contributed by atoms with Gasteiger partial charge in [0.05, 0.1) is 0 Å². The topological polar surface area (TPSA) is 12.0 Å². The largest absolute Gasteiger partial charge is 0.314 e. The summed E-state index contributed by atoms with van der Waals surface area (Å²) in [6, 6.07) is 0.782. The van der Waals surface area contributed by atoms with Crippen LogP contribution in [0.3, 0.4) is 0 Å². The molecule has 1 aliphatic carbocycles. The van der Waals surface area contributed by atoms with Crippen LogP contribution in [0.5, 0.6) is 0 Å². The monoisotopic (exact) mass is 235 g/mol. The van der Waals surface area contributed by atoms with E-state index in [1.165, 1.54) is 44.9 Å². The number of hydrogen-bond acceptors (Lipinski definition) is 1. The zero-order chi connectivity index (χ0) is 12.3. The smallest absolute Gasteiger partial charge is 0.00673 e. The van der Waals surface area contributed by atoms with Gasteiger partial charge in [0.1, 0.15) is 0 Å². The molecular formula is C16H29N. The van der Waals surface area contributed by atoms with Crippen LogP contribution in [0.25, 0.3) is 0 Å². The Morgan fingerprint density at radius 1 is 1.24 bits per heavy atom. The quantitative estimate of drug-likeness (QED) is 0.484. The van der Waals surface area contributed by atoms with Gasteiger partial charge < -0.3 is 5.32 Å². The van der Waals surface area contributed by atoms with Gasteiger partial charge in [-0.1, -0.05) is 51.0 Å². The van der Waals surface area contributed by atoms with E-state index in [1.54, 1.807) is 0 Å². The normalized spacial score (nSPS) is 25.2. The maximum absolute atomic E-state index is 3.67. The molecule has 0 spiro atoms. The average molecular weight is 235 g/mol. The molecule has 0 unspecified atom stereocenters. The minimum Gasteiger partial charge on any atom is -0.314 e. The summed E-state index contributed by atoms with van der Waals surface area (Å²) in [4.78, 5) is 0. The van der Waals surface area contributed by atoms with E-state index in [2.05, 4.69) is 24.9 Å². The van der Waals surface area contributed by atoms with E-state index in [-0.39, 0.29) is 0 Å². The van der Waals surface area contributed by atoms with Crippen molar-refractivity contribution >= 4 is 0 Å². The first kappa shape index (κ1) is 14.5. The van der Waals surface area contributed by atoms with Crippen LogP contribution in [0.4, 0.5) is 0 Å². The van der Waals surface area contributed by atoms with E-state index >= 15 is 0 Å². The Hall–Kier alpha value is -0.560. The minimum absolute atomic E-state index is 0.782. The molecule has 0 bridgehead atoms. The van der Waals surface area contributed by atoms with Gasteiger partial charge in [0, 0.05) is 6.04 Å². The van der Waals surface area contributed by atoms with Crippen molar-refractivity contribution in [3.05, 3.63) is 24.8 Å². The molecule has 17 heavy (non-hydrogen) atoms. The SMILES string of the molecule is C=C/C=C\CCNC1CCC(CCCC)CC1. The van der Waals surface area contributed by atoms with Gasteiger partial charge in [-0.05, 0) is 44.6 Å². The summed E-state index contributed by atoms with van der Waals surface area (Å²) in [7, 11) is 0. The van der Waals surface area contributed by atoms with Crippen LogP contribution in [0.15, 0.2) is 24.8 Å². The predicted octanol–water partition coefficient (Wildman–Crippen LogP) is 4.46. The van der Waals surface area contributed by atoms with E-state index < -0.39 is 0 Å². The molecule has 0 aliphatic heterocycles. The molecule has 1 heteroatoms. The molecule has 1 fully saturated rings. The highest BCUT2D eigenvalue weighted by atomic mass is 14.9. The molecule has 0 amide bonds. The van der Waals surface area contributed by atoms with Gasteiger partial charge in [-0.2, -0.15) is 0 Å². The van der Waals surface area contributed by atoms with E-state index in [0.717, 1.165) is 24.9 Å². The van der Waals surface area contributed by atoms with Crippen LogP contribution in [0.2, 0.25) is 0 Å². The van der Waals surface area contributed by atoms with Gasteiger partial charge in [-0.3, -0.25) is 0 Å². The highest BCUT2D eigenvalue weighted by Gasteiger charge is 2.19. The molecule has 1 aliphatic rings. The molecule has 0 aromatic heterocycles. The molecule has 1 rings (SSSR count). The van der Waals surface area contributed by atoms with E-state index in [0.29, 0.717) is 0 Å². The summed E-state index contributed by atoms with van der Waals surface area (Å²) in [5.74, 6) is 1.02. The Kier molecular flexibility index (Phi) is 8.08. The van der Waals surface area contributed by atoms with E-state index in [4.69, 9.17) is 0 Å². The Balaban J connectivity index is 2.02. The fraction of sp³-hybridized carbons (Fsp3) is 0.750. The van der Waals surface area contributed by atoms with Crippen molar-refractivity contribution in [2.45, 2.75) is 64.3 Å². The third-order valence-corrected chi connectivity index (χ3v) is 3.83. The number of allylic oxidation sites excluding steroid dienone is 2. The van der Waals surface area contributed by atoms with Crippen molar-refractivity contribution in [1.29, 1.82) is 0 Å². The molecule has 0 aromatic rings. The van der Waals surface area contributed by atoms with Crippen molar-refractivity contribution in [3.63, 3.8) is 0 Å². The highest BCUT2D eigenvalue weighted by molar-refractivity contribution is 4.97. The second-order valence-electron chi connectivity index (χ2n) is 5.27. The molecule has 1 N–H and O–H groups in total. The maximum Gasteiger partial charge on any atom is 0.00673 e. The van der Waals surface area contributed by atoms with Crippen molar-refractivity contribution in [2.75, 3.05) is 6.54 Å². The molecule has 0 aromatic carbocycles. The number of hydrogen-bond donors (Lipinski definition) is 1. The summed E-state index contributed by atoms with van der Waals surface area (Å²) >= 11 is 0. The summed E-state index contributed by atoms with van der Waals surface area (Å²) in [5, 5.41) is 3.67. The van der Waals surface area contributed by atoms with Crippen LogP contribution in [0, 0.1) is 5.92 Å². The summed E-state index contributed by atoms with van der Waals surface area (Å²) in [6.07, 6.45) is 17.1. The second kappa shape index (κ2) is 9.47. The van der Waals surface area contributed by atoms with Crippen LogP contribution >= 0.6 is 0 Å². The van der Waals surface area contributed by atoms with Gasteiger partial charge in [-0.15, -0.1) is 0 Å². The van der Waals surface area contributed by atoms with Crippen molar-refractivity contribution in [2.24, 2.45) is 5.92 Å². The van der Waals surface area contributed by atoms with E-state index in [9.17, 15) is 0 Å². The molecule has 0 saturated heterocycles. The number of rotatable bonds is 8. The highest BCUT2D eigenvalue weighted by Crippen LogP contribution is 2.28. The molecule has 98 valence electrons. The van der Waals surface area contributed by atoms with Crippen molar-refractivity contribution < 1.29 is 0 Å². The molecule has 1 saturated carbocycles. The third-order valence-electron chi connectivity index (χ3n) is 3.83.